The maximum absolute atomic E-state index is 12.3. The van der Waals surface area contributed by atoms with Gasteiger partial charge in [-0.1, -0.05) is 0 Å². The summed E-state index contributed by atoms with van der Waals surface area (Å²) >= 11 is 0. The molecule has 0 spiro atoms. The average molecular weight is 309 g/mol. The minimum atomic E-state index is -0.338. The number of carbonyl (C=O) groups is 2. The van der Waals surface area contributed by atoms with Crippen LogP contribution in [-0.2, 0) is 14.3 Å². The second-order valence-electron chi connectivity index (χ2n) is 5.18. The van der Waals surface area contributed by atoms with E-state index in [9.17, 15) is 9.59 Å². The van der Waals surface area contributed by atoms with Crippen molar-refractivity contribution in [3.8, 4) is 6.07 Å². The number of esters is 1. The summed E-state index contributed by atoms with van der Waals surface area (Å²) in [7, 11) is 1.69. The minimum absolute atomic E-state index is 0.0329. The predicted molar refractivity (Wildman–Crippen MR) is 79.3 cm³/mol. The van der Waals surface area contributed by atoms with Crippen LogP contribution in [0.5, 0.6) is 0 Å². The van der Waals surface area contributed by atoms with Gasteiger partial charge in [0, 0.05) is 32.9 Å². The van der Waals surface area contributed by atoms with E-state index in [0.29, 0.717) is 39.1 Å². The van der Waals surface area contributed by atoms with Crippen molar-refractivity contribution in [3.63, 3.8) is 0 Å². The lowest BCUT2D eigenvalue weighted by molar-refractivity contribution is -0.150. The lowest BCUT2D eigenvalue weighted by Crippen LogP contribution is -2.41. The molecule has 1 amide bonds. The number of piperidine rings is 1. The van der Waals surface area contributed by atoms with Crippen molar-refractivity contribution < 1.29 is 19.4 Å². The smallest absolute Gasteiger partial charge is 0.309 e. The Labute approximate surface area is 130 Å². The molecule has 0 unspecified atom stereocenters. The summed E-state index contributed by atoms with van der Waals surface area (Å²) in [5.74, 6) is -0.724. The van der Waals surface area contributed by atoms with Gasteiger partial charge >= 0.3 is 5.97 Å². The molecule has 0 bridgehead atoms. The fourth-order valence-electron chi connectivity index (χ4n) is 2.32. The van der Waals surface area contributed by atoms with Crippen LogP contribution in [0.15, 0.2) is 11.8 Å². The molecule has 1 aliphatic heterocycles. The van der Waals surface area contributed by atoms with Gasteiger partial charge < -0.3 is 19.6 Å². The topological polar surface area (TPSA) is 93.9 Å². The van der Waals surface area contributed by atoms with E-state index in [1.54, 1.807) is 23.8 Å². The van der Waals surface area contributed by atoms with Crippen LogP contribution < -0.4 is 0 Å². The Kier molecular flexibility index (Phi) is 7.40. The molecular formula is C15H23N3O4. The monoisotopic (exact) mass is 309 g/mol. The van der Waals surface area contributed by atoms with Gasteiger partial charge in [0.25, 0.3) is 5.91 Å². The van der Waals surface area contributed by atoms with Gasteiger partial charge in [-0.05, 0) is 19.8 Å². The number of hydrogen-bond acceptors (Lipinski definition) is 6. The lowest BCUT2D eigenvalue weighted by Gasteiger charge is -2.30. The largest absolute Gasteiger partial charge is 0.466 e. The first-order valence-electron chi connectivity index (χ1n) is 7.42. The fraction of sp³-hybridized carbons (Fsp3) is 0.667. The van der Waals surface area contributed by atoms with Crippen molar-refractivity contribution in [3.05, 3.63) is 11.8 Å². The van der Waals surface area contributed by atoms with Crippen molar-refractivity contribution >= 4 is 11.9 Å². The van der Waals surface area contributed by atoms with E-state index in [0.717, 1.165) is 0 Å². The number of aliphatic hydroxyl groups excluding tert-OH is 1. The van der Waals surface area contributed by atoms with Crippen LogP contribution in [-0.4, -0.2) is 66.7 Å². The highest BCUT2D eigenvalue weighted by molar-refractivity contribution is 5.97. The molecule has 1 rings (SSSR count). The molecule has 1 N–H and O–H groups in total. The van der Waals surface area contributed by atoms with Crippen LogP contribution in [0.2, 0.25) is 0 Å². The minimum Gasteiger partial charge on any atom is -0.466 e. The number of likely N-dealkylation sites (N-methyl/N-ethyl adjacent to an activating group) is 1. The number of nitriles is 1. The van der Waals surface area contributed by atoms with Crippen LogP contribution in [0.1, 0.15) is 19.8 Å². The molecule has 0 saturated carbocycles. The number of aliphatic hydroxyl groups is 1. The van der Waals surface area contributed by atoms with Gasteiger partial charge in [-0.3, -0.25) is 9.59 Å². The van der Waals surface area contributed by atoms with E-state index >= 15 is 0 Å². The lowest BCUT2D eigenvalue weighted by atomic mass is 9.96. The summed E-state index contributed by atoms with van der Waals surface area (Å²) in [4.78, 5) is 27.1. The van der Waals surface area contributed by atoms with Crippen molar-refractivity contribution in [2.75, 3.05) is 39.9 Å². The number of rotatable bonds is 6. The van der Waals surface area contributed by atoms with Gasteiger partial charge in [0.05, 0.1) is 19.1 Å². The molecule has 1 heterocycles. The summed E-state index contributed by atoms with van der Waals surface area (Å²) in [5.41, 5.74) is 0.0329. The molecule has 0 radical (unpaired) electrons. The first-order chi connectivity index (χ1) is 10.5. The molecule has 0 aromatic rings. The average Bonchev–Trinajstić information content (AvgIpc) is 2.52. The van der Waals surface area contributed by atoms with Gasteiger partial charge in [-0.25, -0.2) is 0 Å². The van der Waals surface area contributed by atoms with Gasteiger partial charge in [-0.2, -0.15) is 5.26 Å². The first-order valence-corrected chi connectivity index (χ1v) is 7.42. The van der Waals surface area contributed by atoms with E-state index in [1.807, 2.05) is 6.07 Å². The number of likely N-dealkylation sites (tertiary alicyclic amines) is 1. The third kappa shape index (κ3) is 5.04. The highest BCUT2D eigenvalue weighted by atomic mass is 16.5. The molecule has 22 heavy (non-hydrogen) atoms. The second kappa shape index (κ2) is 9.05. The Balaban J connectivity index is 2.60. The Morgan fingerprint density at radius 3 is 2.59 bits per heavy atom. The van der Waals surface area contributed by atoms with E-state index in [2.05, 4.69) is 0 Å². The third-order valence-electron chi connectivity index (χ3n) is 3.56. The maximum atomic E-state index is 12.3. The van der Waals surface area contributed by atoms with Gasteiger partial charge in [0.15, 0.2) is 0 Å². The van der Waals surface area contributed by atoms with Crippen molar-refractivity contribution in [2.24, 2.45) is 5.92 Å². The SMILES string of the molecule is CCOC(=O)C1CCN(C(=O)/C(C#N)=C\N(C)CCO)CC1. The Hall–Kier alpha value is -2.07. The summed E-state index contributed by atoms with van der Waals surface area (Å²) in [6.07, 6.45) is 2.54. The molecule has 1 aliphatic rings. The molecule has 0 aromatic heterocycles. The van der Waals surface area contributed by atoms with Gasteiger partial charge in [0.2, 0.25) is 0 Å². The highest BCUT2D eigenvalue weighted by Gasteiger charge is 2.29. The zero-order chi connectivity index (χ0) is 16.5. The third-order valence-corrected chi connectivity index (χ3v) is 3.56. The summed E-state index contributed by atoms with van der Waals surface area (Å²) in [5, 5.41) is 18.0. The highest BCUT2D eigenvalue weighted by Crippen LogP contribution is 2.20. The van der Waals surface area contributed by atoms with Gasteiger partial charge in [-0.15, -0.1) is 0 Å². The molecular weight excluding hydrogens is 286 g/mol. The number of ether oxygens (including phenoxy) is 1. The van der Waals surface area contributed by atoms with Crippen molar-refractivity contribution in [2.45, 2.75) is 19.8 Å². The molecule has 1 saturated heterocycles. The molecule has 122 valence electrons. The van der Waals surface area contributed by atoms with E-state index in [4.69, 9.17) is 15.1 Å². The normalized spacial score (nSPS) is 16.1. The van der Waals surface area contributed by atoms with Crippen molar-refractivity contribution in [1.82, 2.24) is 9.80 Å². The van der Waals surface area contributed by atoms with Crippen LogP contribution in [0, 0.1) is 17.2 Å². The predicted octanol–water partition coefficient (Wildman–Crippen LogP) is 0.120. The summed E-state index contributed by atoms with van der Waals surface area (Å²) in [6, 6.07) is 1.90. The van der Waals surface area contributed by atoms with E-state index in [1.165, 1.54) is 6.20 Å². The number of amides is 1. The van der Waals surface area contributed by atoms with E-state index in [-0.39, 0.29) is 30.0 Å². The zero-order valence-electron chi connectivity index (χ0n) is 13.1. The Bertz CT molecular complexity index is 462. The molecule has 0 aromatic carbocycles. The summed E-state index contributed by atoms with van der Waals surface area (Å²) < 4.78 is 4.99. The Morgan fingerprint density at radius 2 is 2.09 bits per heavy atom. The fourth-order valence-corrected chi connectivity index (χ4v) is 2.32. The van der Waals surface area contributed by atoms with Crippen LogP contribution >= 0.6 is 0 Å². The van der Waals surface area contributed by atoms with Crippen LogP contribution in [0.25, 0.3) is 0 Å². The molecule has 1 fully saturated rings. The quantitative estimate of drug-likeness (QED) is 0.425. The molecule has 7 heteroatoms. The second-order valence-corrected chi connectivity index (χ2v) is 5.18. The first kappa shape index (κ1) is 18.0. The zero-order valence-corrected chi connectivity index (χ0v) is 13.1. The molecule has 0 aliphatic carbocycles. The number of hydrogen-bond donors (Lipinski definition) is 1. The summed E-state index contributed by atoms with van der Waals surface area (Å²) in [6.45, 7) is 3.30. The van der Waals surface area contributed by atoms with Crippen LogP contribution in [0.3, 0.4) is 0 Å². The number of carbonyl (C=O) groups excluding carboxylic acids is 2. The molecule has 7 nitrogen and oxygen atoms in total. The Morgan fingerprint density at radius 1 is 1.45 bits per heavy atom. The maximum Gasteiger partial charge on any atom is 0.309 e. The number of nitrogens with zero attached hydrogens (tertiary/aromatic N) is 3. The van der Waals surface area contributed by atoms with Crippen LogP contribution in [0.4, 0.5) is 0 Å². The van der Waals surface area contributed by atoms with E-state index < -0.39 is 0 Å². The molecule has 0 atom stereocenters. The van der Waals surface area contributed by atoms with Crippen molar-refractivity contribution in [1.29, 1.82) is 5.26 Å². The van der Waals surface area contributed by atoms with Gasteiger partial charge in [0.1, 0.15) is 11.6 Å². The standard InChI is InChI=1S/C15H23N3O4/c1-3-22-15(21)12-4-6-18(7-5-12)14(20)13(10-16)11-17(2)8-9-19/h11-12,19H,3-9H2,1-2H3/b13-11-.